The number of nitrogens with two attached hydrogens (primary N) is 1. The summed E-state index contributed by atoms with van der Waals surface area (Å²) in [6, 6.07) is 2.91. The van der Waals surface area contributed by atoms with Crippen molar-refractivity contribution < 1.29 is 9.59 Å². The molecule has 9 heteroatoms. The fraction of sp³-hybridized carbons (Fsp3) is 0.714. The number of rotatable bonds is 6. The van der Waals surface area contributed by atoms with Gasteiger partial charge in [0.15, 0.2) is 5.82 Å². The van der Waals surface area contributed by atoms with Crippen molar-refractivity contribution in [2.45, 2.75) is 56.5 Å². The topological polar surface area (TPSA) is 120 Å². The predicted octanol–water partition coefficient (Wildman–Crippen LogP) is 1.13. The van der Waals surface area contributed by atoms with Gasteiger partial charge in [-0.15, -0.1) is 0 Å². The minimum absolute atomic E-state index is 0.00159. The number of nitrogens with one attached hydrogen (secondary N) is 1. The van der Waals surface area contributed by atoms with E-state index in [9.17, 15) is 14.9 Å². The first-order valence-electron chi connectivity index (χ1n) is 10.9. The number of likely N-dealkylation sites (tertiary alicyclic amines) is 2. The SMILES string of the molecule is CN1CCC(N2CCC(CC#N)(n3cc(C(N)=O)c(NC(=O)C4CC4)n3)CC2)CC1. The molecule has 1 aliphatic carbocycles. The van der Waals surface area contributed by atoms with Crippen LogP contribution in [0.5, 0.6) is 0 Å². The minimum atomic E-state index is -0.622. The van der Waals surface area contributed by atoms with Crippen molar-refractivity contribution in [3.63, 3.8) is 0 Å². The van der Waals surface area contributed by atoms with Gasteiger partial charge < -0.3 is 20.9 Å². The molecule has 3 fully saturated rings. The van der Waals surface area contributed by atoms with E-state index in [2.05, 4.69) is 33.3 Å². The summed E-state index contributed by atoms with van der Waals surface area (Å²) in [7, 11) is 2.16. The Hall–Kier alpha value is -2.44. The number of primary amides is 1. The van der Waals surface area contributed by atoms with Crippen molar-refractivity contribution in [2.75, 3.05) is 38.5 Å². The Balaban J connectivity index is 1.52. The third kappa shape index (κ3) is 4.20. The molecule has 3 heterocycles. The number of hydrogen-bond acceptors (Lipinski definition) is 6. The largest absolute Gasteiger partial charge is 0.365 e. The summed E-state index contributed by atoms with van der Waals surface area (Å²) < 4.78 is 1.73. The zero-order valence-corrected chi connectivity index (χ0v) is 17.6. The summed E-state index contributed by atoms with van der Waals surface area (Å²) in [5.41, 5.74) is 5.28. The van der Waals surface area contributed by atoms with Gasteiger partial charge in [-0.2, -0.15) is 10.4 Å². The number of piperidine rings is 2. The molecule has 1 aromatic heterocycles. The van der Waals surface area contributed by atoms with Gasteiger partial charge in [0, 0.05) is 31.2 Å². The molecular weight excluding hydrogens is 382 g/mol. The predicted molar refractivity (Wildman–Crippen MR) is 112 cm³/mol. The van der Waals surface area contributed by atoms with Crippen LogP contribution in [0.2, 0.25) is 0 Å². The van der Waals surface area contributed by atoms with Crippen LogP contribution in [0.4, 0.5) is 5.82 Å². The Bertz CT molecular complexity index is 838. The summed E-state index contributed by atoms with van der Waals surface area (Å²) in [4.78, 5) is 29.1. The van der Waals surface area contributed by atoms with E-state index < -0.39 is 11.4 Å². The summed E-state index contributed by atoms with van der Waals surface area (Å²) in [6.45, 7) is 4.03. The second-order valence-electron chi connectivity index (χ2n) is 9.09. The molecule has 30 heavy (non-hydrogen) atoms. The lowest BCUT2D eigenvalue weighted by molar-refractivity contribution is -0.117. The third-order valence-electron chi connectivity index (χ3n) is 7.00. The average Bonchev–Trinajstić information content (AvgIpc) is 3.50. The number of carbonyl (C=O) groups excluding carboxylic acids is 2. The van der Waals surface area contributed by atoms with Gasteiger partial charge in [0.25, 0.3) is 5.91 Å². The number of amides is 2. The monoisotopic (exact) mass is 413 g/mol. The first-order chi connectivity index (χ1) is 14.4. The van der Waals surface area contributed by atoms with E-state index in [4.69, 9.17) is 5.73 Å². The summed E-state index contributed by atoms with van der Waals surface area (Å²) in [5, 5.41) is 16.8. The molecule has 2 amide bonds. The van der Waals surface area contributed by atoms with Gasteiger partial charge in [0.2, 0.25) is 5.91 Å². The molecule has 1 aromatic rings. The molecule has 162 valence electrons. The standard InChI is InChI=1S/C21H31N7O2/c1-26-10-4-16(5-11-26)27-12-7-21(6-9-22,8-13-27)28-14-17(18(23)29)19(25-28)24-20(30)15-2-3-15/h14-16H,2-8,10-13H2,1H3,(H2,23,29)(H,24,25,30). The number of anilines is 1. The molecule has 2 saturated heterocycles. The number of nitrogens with zero attached hydrogens (tertiary/aromatic N) is 5. The van der Waals surface area contributed by atoms with Crippen LogP contribution in [0.3, 0.4) is 0 Å². The van der Waals surface area contributed by atoms with Crippen LogP contribution in [-0.4, -0.2) is 70.7 Å². The van der Waals surface area contributed by atoms with E-state index in [0.717, 1.165) is 51.9 Å². The fourth-order valence-corrected chi connectivity index (χ4v) is 4.75. The minimum Gasteiger partial charge on any atom is -0.365 e. The molecule has 0 atom stereocenters. The van der Waals surface area contributed by atoms with Gasteiger partial charge >= 0.3 is 0 Å². The van der Waals surface area contributed by atoms with Crippen LogP contribution in [0.1, 0.15) is 55.3 Å². The number of aromatic nitrogens is 2. The molecule has 0 aromatic carbocycles. The van der Waals surface area contributed by atoms with Crippen molar-refractivity contribution in [3.8, 4) is 6.07 Å². The quantitative estimate of drug-likeness (QED) is 0.721. The average molecular weight is 414 g/mol. The number of nitriles is 1. The van der Waals surface area contributed by atoms with Crippen LogP contribution in [0.25, 0.3) is 0 Å². The summed E-state index contributed by atoms with van der Waals surface area (Å²) in [5.74, 6) is -0.520. The number of hydrogen-bond donors (Lipinski definition) is 2. The van der Waals surface area contributed by atoms with Crippen molar-refractivity contribution in [1.82, 2.24) is 19.6 Å². The lowest BCUT2D eigenvalue weighted by Crippen LogP contribution is -2.52. The van der Waals surface area contributed by atoms with Crippen LogP contribution in [0.15, 0.2) is 6.20 Å². The van der Waals surface area contributed by atoms with Gasteiger partial charge in [-0.3, -0.25) is 14.3 Å². The molecule has 4 rings (SSSR count). The van der Waals surface area contributed by atoms with Crippen molar-refractivity contribution in [3.05, 3.63) is 11.8 Å². The van der Waals surface area contributed by atoms with E-state index in [1.807, 2.05) is 0 Å². The zero-order valence-electron chi connectivity index (χ0n) is 17.6. The first-order valence-corrected chi connectivity index (χ1v) is 10.9. The summed E-state index contributed by atoms with van der Waals surface area (Å²) in [6.07, 6.45) is 7.57. The second kappa shape index (κ2) is 8.36. The molecule has 0 spiro atoms. The molecule has 3 N–H and O–H groups in total. The molecule has 9 nitrogen and oxygen atoms in total. The van der Waals surface area contributed by atoms with Crippen molar-refractivity contribution >= 4 is 17.6 Å². The molecule has 2 aliphatic heterocycles. The lowest BCUT2D eigenvalue weighted by atomic mass is 9.83. The molecule has 3 aliphatic rings. The van der Waals surface area contributed by atoms with Crippen LogP contribution < -0.4 is 11.1 Å². The van der Waals surface area contributed by atoms with Crippen LogP contribution >= 0.6 is 0 Å². The Morgan fingerprint density at radius 2 is 1.90 bits per heavy atom. The summed E-state index contributed by atoms with van der Waals surface area (Å²) >= 11 is 0. The first kappa shape index (κ1) is 20.8. The second-order valence-corrected chi connectivity index (χ2v) is 9.09. The highest BCUT2D eigenvalue weighted by Gasteiger charge is 2.40. The van der Waals surface area contributed by atoms with E-state index in [0.29, 0.717) is 12.5 Å². The smallest absolute Gasteiger partial charge is 0.254 e. The van der Waals surface area contributed by atoms with Gasteiger partial charge in [-0.05, 0) is 58.7 Å². The maximum absolute atomic E-state index is 12.2. The van der Waals surface area contributed by atoms with E-state index in [-0.39, 0.29) is 23.2 Å². The van der Waals surface area contributed by atoms with Crippen LogP contribution in [-0.2, 0) is 10.3 Å². The Kier molecular flexibility index (Phi) is 5.80. The maximum atomic E-state index is 12.2. The molecule has 0 bridgehead atoms. The van der Waals surface area contributed by atoms with Gasteiger partial charge in [-0.25, -0.2) is 0 Å². The van der Waals surface area contributed by atoms with E-state index in [1.54, 1.807) is 10.9 Å². The Morgan fingerprint density at radius 3 is 2.47 bits per heavy atom. The number of carbonyl (C=O) groups is 2. The van der Waals surface area contributed by atoms with E-state index >= 15 is 0 Å². The fourth-order valence-electron chi connectivity index (χ4n) is 4.75. The zero-order chi connectivity index (χ0) is 21.3. The molecule has 0 unspecified atom stereocenters. The highest BCUT2D eigenvalue weighted by molar-refractivity contribution is 6.02. The molecule has 1 saturated carbocycles. The highest BCUT2D eigenvalue weighted by atomic mass is 16.2. The van der Waals surface area contributed by atoms with E-state index in [1.165, 1.54) is 12.8 Å². The maximum Gasteiger partial charge on any atom is 0.254 e. The lowest BCUT2D eigenvalue weighted by Gasteiger charge is -2.45. The molecular formula is C21H31N7O2. The van der Waals surface area contributed by atoms with Gasteiger partial charge in [-0.1, -0.05) is 0 Å². The highest BCUT2D eigenvalue weighted by Crippen LogP contribution is 2.36. The Labute approximate surface area is 177 Å². The van der Waals surface area contributed by atoms with Crippen molar-refractivity contribution in [2.24, 2.45) is 11.7 Å². The Morgan fingerprint density at radius 1 is 1.23 bits per heavy atom. The normalized spacial score (nSPS) is 23.1. The van der Waals surface area contributed by atoms with Gasteiger partial charge in [0.1, 0.15) is 5.56 Å². The van der Waals surface area contributed by atoms with Crippen molar-refractivity contribution in [1.29, 1.82) is 5.26 Å². The molecule has 0 radical (unpaired) electrons. The van der Waals surface area contributed by atoms with Gasteiger partial charge in [0.05, 0.1) is 18.0 Å². The van der Waals surface area contributed by atoms with Crippen LogP contribution in [0, 0.1) is 17.2 Å². The third-order valence-corrected chi connectivity index (χ3v) is 7.00.